The minimum absolute atomic E-state index is 0.0641. The van der Waals surface area contributed by atoms with Crippen molar-refractivity contribution in [3.8, 4) is 0 Å². The highest BCUT2D eigenvalue weighted by Gasteiger charge is 2.16. The molecule has 0 saturated carbocycles. The van der Waals surface area contributed by atoms with Crippen LogP contribution in [0.1, 0.15) is 21.8 Å². The van der Waals surface area contributed by atoms with Crippen molar-refractivity contribution in [2.75, 3.05) is 5.75 Å². The van der Waals surface area contributed by atoms with Crippen LogP contribution in [-0.4, -0.2) is 26.1 Å². The van der Waals surface area contributed by atoms with Gasteiger partial charge in [0.15, 0.2) is 10.9 Å². The average molecular weight is 414 g/mol. The highest BCUT2D eigenvalue weighted by atomic mass is 35.5. The van der Waals surface area contributed by atoms with Crippen molar-refractivity contribution < 1.29 is 9.21 Å². The van der Waals surface area contributed by atoms with Gasteiger partial charge in [-0.2, -0.15) is 0 Å². The van der Waals surface area contributed by atoms with Crippen molar-refractivity contribution in [1.29, 1.82) is 0 Å². The summed E-state index contributed by atoms with van der Waals surface area (Å²) in [6, 6.07) is 12.1. The Morgan fingerprint density at radius 3 is 2.79 bits per heavy atom. The predicted octanol–water partition coefficient (Wildman–Crippen LogP) is 4.30. The molecule has 0 bridgehead atoms. The summed E-state index contributed by atoms with van der Waals surface area (Å²) in [5.41, 5.74) is 2.24. The van der Waals surface area contributed by atoms with Gasteiger partial charge in [0.25, 0.3) is 5.56 Å². The van der Waals surface area contributed by atoms with Gasteiger partial charge in [0.05, 0.1) is 24.1 Å². The van der Waals surface area contributed by atoms with Crippen molar-refractivity contribution in [1.82, 2.24) is 14.5 Å². The molecule has 0 atom stereocenters. The lowest BCUT2D eigenvalue weighted by molar-refractivity contribution is 0.102. The van der Waals surface area contributed by atoms with Crippen molar-refractivity contribution in [2.24, 2.45) is 0 Å². The number of fused-ring (bicyclic) bond motifs is 1. The number of ketones is 1. The number of furan rings is 1. The fourth-order valence-electron chi connectivity index (χ4n) is 2.87. The molecule has 3 aromatic heterocycles. The van der Waals surface area contributed by atoms with Gasteiger partial charge in [0, 0.05) is 16.3 Å². The third-order valence-electron chi connectivity index (χ3n) is 4.23. The van der Waals surface area contributed by atoms with Crippen LogP contribution in [0.25, 0.3) is 11.0 Å². The number of nitrogens with one attached hydrogen (secondary N) is 1. The van der Waals surface area contributed by atoms with Crippen molar-refractivity contribution in [3.05, 3.63) is 81.1 Å². The second-order valence-corrected chi connectivity index (χ2v) is 7.68. The number of nitrogens with zero attached hydrogens (tertiary/aromatic N) is 2. The molecule has 0 aliphatic heterocycles. The molecule has 0 unspecified atom stereocenters. The first kappa shape index (κ1) is 18.6. The number of thioether (sulfide) groups is 1. The summed E-state index contributed by atoms with van der Waals surface area (Å²) in [5, 5.41) is 1.04. The number of aryl methyl sites for hydroxylation is 1. The summed E-state index contributed by atoms with van der Waals surface area (Å²) < 4.78 is 6.91. The minimum Gasteiger partial charge on any atom is -0.467 e. The maximum Gasteiger partial charge on any atom is 0.278 e. The zero-order valence-electron chi connectivity index (χ0n) is 14.9. The van der Waals surface area contributed by atoms with Crippen LogP contribution in [0.2, 0.25) is 5.02 Å². The molecule has 142 valence electrons. The molecule has 8 heteroatoms. The number of Topliss-reactive ketones (excluding diaryl/α,β-unsaturated/α-hetero) is 1. The Bertz CT molecular complexity index is 1190. The van der Waals surface area contributed by atoms with E-state index in [0.29, 0.717) is 32.5 Å². The molecule has 1 N–H and O–H groups in total. The quantitative estimate of drug-likeness (QED) is 0.289. The van der Waals surface area contributed by atoms with E-state index in [4.69, 9.17) is 16.0 Å². The van der Waals surface area contributed by atoms with E-state index < -0.39 is 0 Å². The topological polar surface area (TPSA) is 80.9 Å². The van der Waals surface area contributed by atoms with Gasteiger partial charge < -0.3 is 9.40 Å². The van der Waals surface area contributed by atoms with Crippen LogP contribution in [0.15, 0.2) is 63.1 Å². The van der Waals surface area contributed by atoms with E-state index in [1.807, 2.05) is 13.0 Å². The summed E-state index contributed by atoms with van der Waals surface area (Å²) in [6.45, 7) is 2.11. The van der Waals surface area contributed by atoms with Gasteiger partial charge >= 0.3 is 0 Å². The van der Waals surface area contributed by atoms with Crippen LogP contribution in [0, 0.1) is 6.92 Å². The Hall–Kier alpha value is -2.77. The standard InChI is InChI=1S/C20H16ClN3O3S/c1-12-9-16-18(22-12)19(26)24(10-15-3-2-8-27-15)20(23-16)28-11-17(25)13-4-6-14(21)7-5-13/h2-9,22H,10-11H2,1H3. The number of carbonyl (C=O) groups is 1. The maximum absolute atomic E-state index is 13.0. The van der Waals surface area contributed by atoms with Crippen LogP contribution >= 0.6 is 23.4 Å². The Balaban J connectivity index is 1.67. The monoisotopic (exact) mass is 413 g/mol. The number of hydrogen-bond donors (Lipinski definition) is 1. The largest absolute Gasteiger partial charge is 0.467 e. The first-order valence-electron chi connectivity index (χ1n) is 8.55. The SMILES string of the molecule is Cc1cc2nc(SCC(=O)c3ccc(Cl)cc3)n(Cc3ccco3)c(=O)c2[nH]1. The van der Waals surface area contributed by atoms with Gasteiger partial charge in [-0.1, -0.05) is 23.4 Å². The molecule has 3 heterocycles. The number of H-pyrrole nitrogens is 1. The number of aromatic nitrogens is 3. The zero-order valence-corrected chi connectivity index (χ0v) is 16.5. The number of halogens is 1. The lowest BCUT2D eigenvalue weighted by atomic mass is 10.1. The second kappa shape index (κ2) is 7.69. The number of hydrogen-bond acceptors (Lipinski definition) is 5. The van der Waals surface area contributed by atoms with Crippen LogP contribution in [0.3, 0.4) is 0 Å². The van der Waals surface area contributed by atoms with E-state index >= 15 is 0 Å². The van der Waals surface area contributed by atoms with Gasteiger partial charge in [-0.05, 0) is 49.4 Å². The Kier molecular flexibility index (Phi) is 5.11. The van der Waals surface area contributed by atoms with Crippen LogP contribution in [0.4, 0.5) is 0 Å². The fourth-order valence-corrected chi connectivity index (χ4v) is 3.89. The highest BCUT2D eigenvalue weighted by Crippen LogP contribution is 2.21. The molecule has 6 nitrogen and oxygen atoms in total. The Morgan fingerprint density at radius 1 is 1.29 bits per heavy atom. The van der Waals surface area contributed by atoms with Gasteiger partial charge in [0.1, 0.15) is 11.3 Å². The minimum atomic E-state index is -0.198. The van der Waals surface area contributed by atoms with E-state index in [1.54, 1.807) is 42.7 Å². The zero-order chi connectivity index (χ0) is 19.7. The van der Waals surface area contributed by atoms with E-state index in [0.717, 1.165) is 5.69 Å². The van der Waals surface area contributed by atoms with Crippen LogP contribution < -0.4 is 5.56 Å². The van der Waals surface area contributed by atoms with Gasteiger partial charge in [-0.3, -0.25) is 14.2 Å². The average Bonchev–Trinajstić information content (AvgIpc) is 3.32. The first-order chi connectivity index (χ1) is 13.5. The molecule has 1 aromatic carbocycles. The number of benzene rings is 1. The highest BCUT2D eigenvalue weighted by molar-refractivity contribution is 7.99. The number of rotatable bonds is 6. The smallest absolute Gasteiger partial charge is 0.278 e. The van der Waals surface area contributed by atoms with Crippen molar-refractivity contribution >= 4 is 40.2 Å². The Morgan fingerprint density at radius 2 is 2.07 bits per heavy atom. The van der Waals surface area contributed by atoms with Gasteiger partial charge in [0.2, 0.25) is 0 Å². The molecule has 0 aliphatic carbocycles. The van der Waals surface area contributed by atoms with Crippen LogP contribution in [-0.2, 0) is 6.54 Å². The van der Waals surface area contributed by atoms with Gasteiger partial charge in [-0.25, -0.2) is 4.98 Å². The lowest BCUT2D eigenvalue weighted by Gasteiger charge is -2.10. The Labute approximate surface area is 169 Å². The molecule has 28 heavy (non-hydrogen) atoms. The summed E-state index contributed by atoms with van der Waals surface area (Å²) in [7, 11) is 0. The lowest BCUT2D eigenvalue weighted by Crippen LogP contribution is -2.24. The molecule has 4 rings (SSSR count). The summed E-state index contributed by atoms with van der Waals surface area (Å²) >= 11 is 7.10. The third-order valence-corrected chi connectivity index (χ3v) is 5.46. The molecule has 0 fully saturated rings. The molecule has 0 aliphatic rings. The maximum atomic E-state index is 13.0. The third kappa shape index (κ3) is 3.76. The van der Waals surface area contributed by atoms with Crippen LogP contribution in [0.5, 0.6) is 0 Å². The molecule has 0 amide bonds. The molecule has 4 aromatic rings. The van der Waals surface area contributed by atoms with Gasteiger partial charge in [-0.15, -0.1) is 0 Å². The van der Waals surface area contributed by atoms with Crippen molar-refractivity contribution in [3.63, 3.8) is 0 Å². The van der Waals surface area contributed by atoms with E-state index in [1.165, 1.54) is 16.3 Å². The normalized spacial score (nSPS) is 11.2. The first-order valence-corrected chi connectivity index (χ1v) is 9.92. The van der Waals surface area contributed by atoms with E-state index in [9.17, 15) is 9.59 Å². The van der Waals surface area contributed by atoms with E-state index in [-0.39, 0.29) is 23.6 Å². The number of aromatic amines is 1. The molecular weight excluding hydrogens is 398 g/mol. The second-order valence-electron chi connectivity index (χ2n) is 6.30. The predicted molar refractivity (Wildman–Crippen MR) is 109 cm³/mol. The number of carbonyl (C=O) groups excluding carboxylic acids is 1. The molecular formula is C20H16ClN3O3S. The molecule has 0 radical (unpaired) electrons. The fraction of sp³-hybridized carbons (Fsp3) is 0.150. The summed E-state index contributed by atoms with van der Waals surface area (Å²) in [4.78, 5) is 33.1. The summed E-state index contributed by atoms with van der Waals surface area (Å²) in [6.07, 6.45) is 1.56. The summed E-state index contributed by atoms with van der Waals surface area (Å²) in [5.74, 6) is 0.726. The van der Waals surface area contributed by atoms with Crippen molar-refractivity contribution in [2.45, 2.75) is 18.6 Å². The van der Waals surface area contributed by atoms with E-state index in [2.05, 4.69) is 9.97 Å². The molecule has 0 spiro atoms. The molecule has 0 saturated heterocycles.